The molecule has 6 nitrogen and oxygen atoms in total. The van der Waals surface area contributed by atoms with E-state index in [9.17, 15) is 4.79 Å². The molecular formula is C19H20ClN5O. The quantitative estimate of drug-likeness (QED) is 0.696. The van der Waals surface area contributed by atoms with Gasteiger partial charge in [0.25, 0.3) is 5.91 Å². The molecule has 0 bridgehead atoms. The second-order valence-electron chi connectivity index (χ2n) is 6.69. The van der Waals surface area contributed by atoms with E-state index in [0.29, 0.717) is 23.0 Å². The number of fused-ring (bicyclic) bond motifs is 1. The van der Waals surface area contributed by atoms with Crippen LogP contribution < -0.4 is 4.90 Å². The molecule has 2 aromatic heterocycles. The minimum atomic E-state index is -0.0662. The third kappa shape index (κ3) is 3.01. The van der Waals surface area contributed by atoms with Gasteiger partial charge in [-0.2, -0.15) is 0 Å². The van der Waals surface area contributed by atoms with Gasteiger partial charge in [0.1, 0.15) is 5.69 Å². The molecular weight excluding hydrogens is 350 g/mol. The third-order valence-electron chi connectivity index (χ3n) is 4.84. The first kappa shape index (κ1) is 16.8. The highest BCUT2D eigenvalue weighted by Crippen LogP contribution is 2.23. The number of nitrogens with zero attached hydrogens (tertiary/aromatic N) is 5. The molecule has 26 heavy (non-hydrogen) atoms. The number of aryl methyl sites for hydroxylation is 1. The van der Waals surface area contributed by atoms with E-state index in [1.165, 1.54) is 17.4 Å². The van der Waals surface area contributed by atoms with Crippen molar-refractivity contribution in [3.05, 3.63) is 59.1 Å². The molecule has 3 heterocycles. The van der Waals surface area contributed by atoms with Gasteiger partial charge in [0, 0.05) is 43.8 Å². The molecule has 0 radical (unpaired) electrons. The summed E-state index contributed by atoms with van der Waals surface area (Å²) in [6.45, 7) is 6.46. The average Bonchev–Trinajstić information content (AvgIpc) is 3.04. The zero-order valence-corrected chi connectivity index (χ0v) is 15.5. The smallest absolute Gasteiger partial charge is 0.274 e. The molecule has 1 fully saturated rings. The Morgan fingerprint density at radius 1 is 1.23 bits per heavy atom. The number of hydrogen-bond donors (Lipinski definition) is 0. The maximum absolute atomic E-state index is 12.9. The number of anilines is 1. The Bertz CT molecular complexity index is 969. The zero-order valence-electron chi connectivity index (χ0n) is 14.8. The largest absolute Gasteiger partial charge is 0.367 e. The second kappa shape index (κ2) is 6.61. The Kier molecular flexibility index (Phi) is 4.28. The molecule has 1 unspecified atom stereocenters. The van der Waals surface area contributed by atoms with Gasteiger partial charge in [0.15, 0.2) is 0 Å². The summed E-state index contributed by atoms with van der Waals surface area (Å²) >= 11 is 5.95. The summed E-state index contributed by atoms with van der Waals surface area (Å²) < 4.78 is 1.68. The fourth-order valence-corrected chi connectivity index (χ4v) is 3.66. The molecule has 3 aromatic rings. The lowest BCUT2D eigenvalue weighted by atomic mass is 10.1. The van der Waals surface area contributed by atoms with E-state index in [1.54, 1.807) is 16.8 Å². The molecule has 0 aliphatic carbocycles. The van der Waals surface area contributed by atoms with Crippen molar-refractivity contribution in [2.24, 2.45) is 0 Å². The number of imidazole rings is 1. The molecule has 7 heteroatoms. The van der Waals surface area contributed by atoms with Gasteiger partial charge in [-0.25, -0.2) is 9.97 Å². The van der Waals surface area contributed by atoms with Crippen molar-refractivity contribution in [1.29, 1.82) is 0 Å². The topological polar surface area (TPSA) is 53.7 Å². The van der Waals surface area contributed by atoms with Crippen LogP contribution in [0.25, 0.3) is 5.78 Å². The highest BCUT2D eigenvalue weighted by atomic mass is 35.5. The van der Waals surface area contributed by atoms with Crippen molar-refractivity contribution in [3.8, 4) is 0 Å². The van der Waals surface area contributed by atoms with Crippen LogP contribution in [0.5, 0.6) is 0 Å². The van der Waals surface area contributed by atoms with E-state index >= 15 is 0 Å². The van der Waals surface area contributed by atoms with Crippen LogP contribution in [0.15, 0.2) is 42.9 Å². The summed E-state index contributed by atoms with van der Waals surface area (Å²) in [5.74, 6) is 0.410. The minimum Gasteiger partial charge on any atom is -0.367 e. The summed E-state index contributed by atoms with van der Waals surface area (Å²) in [5, 5.41) is 0.508. The number of benzene rings is 1. The van der Waals surface area contributed by atoms with Crippen molar-refractivity contribution in [2.45, 2.75) is 19.9 Å². The minimum absolute atomic E-state index is 0.0662. The molecule has 4 rings (SSSR count). The number of piperazine rings is 1. The van der Waals surface area contributed by atoms with Crippen LogP contribution in [0.1, 0.15) is 23.0 Å². The van der Waals surface area contributed by atoms with Crippen LogP contribution in [0.2, 0.25) is 5.02 Å². The SMILES string of the molecule is Cc1ccccc1N1CCN(C(=O)c2cn3cc(Cl)cnc3n2)C(C)C1. The second-order valence-corrected chi connectivity index (χ2v) is 7.12. The summed E-state index contributed by atoms with van der Waals surface area (Å²) in [6, 6.07) is 8.45. The summed E-state index contributed by atoms with van der Waals surface area (Å²) in [7, 11) is 0. The van der Waals surface area contributed by atoms with Crippen molar-refractivity contribution < 1.29 is 4.79 Å². The van der Waals surface area contributed by atoms with Crippen molar-refractivity contribution in [3.63, 3.8) is 0 Å². The number of rotatable bonds is 2. The fourth-order valence-electron chi connectivity index (χ4n) is 3.51. The lowest BCUT2D eigenvalue weighted by Crippen LogP contribution is -2.54. The molecule has 1 amide bonds. The number of amides is 1. The van der Waals surface area contributed by atoms with Crippen LogP contribution in [0, 0.1) is 6.92 Å². The molecule has 0 saturated carbocycles. The molecule has 1 aromatic carbocycles. The van der Waals surface area contributed by atoms with Gasteiger partial charge in [-0.15, -0.1) is 0 Å². The van der Waals surface area contributed by atoms with Gasteiger partial charge < -0.3 is 9.80 Å². The van der Waals surface area contributed by atoms with Gasteiger partial charge >= 0.3 is 0 Å². The Hall–Kier alpha value is -2.60. The van der Waals surface area contributed by atoms with Crippen molar-refractivity contribution in [2.75, 3.05) is 24.5 Å². The third-order valence-corrected chi connectivity index (χ3v) is 5.04. The molecule has 1 atom stereocenters. The molecule has 1 aliphatic heterocycles. The van der Waals surface area contributed by atoms with Gasteiger partial charge in [-0.1, -0.05) is 29.8 Å². The Morgan fingerprint density at radius 3 is 2.81 bits per heavy atom. The molecule has 0 N–H and O–H groups in total. The van der Waals surface area contributed by atoms with E-state index < -0.39 is 0 Å². The Morgan fingerprint density at radius 2 is 2.04 bits per heavy atom. The van der Waals surface area contributed by atoms with Gasteiger partial charge in [0.05, 0.1) is 11.2 Å². The maximum Gasteiger partial charge on any atom is 0.274 e. The van der Waals surface area contributed by atoms with Gasteiger partial charge in [-0.05, 0) is 25.5 Å². The molecule has 0 spiro atoms. The fraction of sp³-hybridized carbons (Fsp3) is 0.316. The lowest BCUT2D eigenvalue weighted by Gasteiger charge is -2.41. The molecule has 1 saturated heterocycles. The van der Waals surface area contributed by atoms with Crippen LogP contribution in [0.3, 0.4) is 0 Å². The van der Waals surface area contributed by atoms with Crippen LogP contribution in [-0.4, -0.2) is 50.9 Å². The van der Waals surface area contributed by atoms with Crippen LogP contribution in [-0.2, 0) is 0 Å². The average molecular weight is 370 g/mol. The number of carbonyl (C=O) groups is 1. The number of para-hydroxylation sites is 1. The van der Waals surface area contributed by atoms with E-state index in [1.807, 2.05) is 11.0 Å². The summed E-state index contributed by atoms with van der Waals surface area (Å²) in [6.07, 6.45) is 4.92. The van der Waals surface area contributed by atoms with Crippen LogP contribution >= 0.6 is 11.6 Å². The Labute approximate surface area is 157 Å². The molecule has 134 valence electrons. The maximum atomic E-state index is 12.9. The predicted molar refractivity (Wildman–Crippen MR) is 102 cm³/mol. The number of halogens is 1. The number of aromatic nitrogens is 3. The standard InChI is InChI=1S/C19H20ClN5O/c1-13-5-3-4-6-17(13)23-7-8-25(14(2)10-23)18(26)16-12-24-11-15(20)9-21-19(24)22-16/h3-6,9,11-12,14H,7-8,10H2,1-2H3. The first-order valence-corrected chi connectivity index (χ1v) is 9.02. The first-order chi connectivity index (χ1) is 12.5. The van der Waals surface area contributed by atoms with Crippen molar-refractivity contribution in [1.82, 2.24) is 19.3 Å². The van der Waals surface area contributed by atoms with Crippen LogP contribution in [0.4, 0.5) is 5.69 Å². The molecule has 1 aliphatic rings. The van der Waals surface area contributed by atoms with E-state index in [2.05, 4.69) is 46.9 Å². The van der Waals surface area contributed by atoms with E-state index in [4.69, 9.17) is 11.6 Å². The number of hydrogen-bond acceptors (Lipinski definition) is 4. The van der Waals surface area contributed by atoms with Gasteiger partial charge in [0.2, 0.25) is 5.78 Å². The first-order valence-electron chi connectivity index (χ1n) is 8.65. The summed E-state index contributed by atoms with van der Waals surface area (Å²) in [4.78, 5) is 25.7. The highest BCUT2D eigenvalue weighted by molar-refractivity contribution is 6.30. The van der Waals surface area contributed by atoms with E-state index in [-0.39, 0.29) is 11.9 Å². The predicted octanol–water partition coefficient (Wildman–Crippen LogP) is 3.04. The number of carbonyl (C=O) groups excluding carboxylic acids is 1. The monoisotopic (exact) mass is 369 g/mol. The Balaban J connectivity index is 1.53. The highest BCUT2D eigenvalue weighted by Gasteiger charge is 2.30. The zero-order chi connectivity index (χ0) is 18.3. The van der Waals surface area contributed by atoms with E-state index in [0.717, 1.165) is 13.1 Å². The van der Waals surface area contributed by atoms with Crippen molar-refractivity contribution >= 4 is 29.0 Å². The van der Waals surface area contributed by atoms with Gasteiger partial charge in [-0.3, -0.25) is 9.20 Å². The lowest BCUT2D eigenvalue weighted by molar-refractivity contribution is 0.0668. The normalized spacial score (nSPS) is 17.7. The summed E-state index contributed by atoms with van der Waals surface area (Å²) in [5.41, 5.74) is 2.89.